The smallest absolute Gasteiger partial charge is 0.235 e. The van der Waals surface area contributed by atoms with Gasteiger partial charge in [0.1, 0.15) is 11.0 Å². The molecule has 0 spiro atoms. The lowest BCUT2D eigenvalue weighted by Crippen LogP contribution is -2.68. The van der Waals surface area contributed by atoms with Crippen molar-refractivity contribution >= 4 is 22.1 Å². The summed E-state index contributed by atoms with van der Waals surface area (Å²) in [6.07, 6.45) is 0. The number of aromatic nitrogens is 2. The third-order valence-corrected chi connectivity index (χ3v) is 3.78. The summed E-state index contributed by atoms with van der Waals surface area (Å²) in [4.78, 5) is 4.76. The summed E-state index contributed by atoms with van der Waals surface area (Å²) in [5.74, 6) is 0. The lowest BCUT2D eigenvalue weighted by atomic mass is 10.2. The maximum Gasteiger partial charge on any atom is 0.237 e. The highest BCUT2D eigenvalue weighted by Gasteiger charge is 2.18. The highest BCUT2D eigenvalue weighted by Crippen LogP contribution is 2.17. The Morgan fingerprint density at radius 2 is 1.12 bits per heavy atom. The molecule has 6 nitrogen and oxygen atoms in total. The molecule has 4 aromatic rings. The van der Waals surface area contributed by atoms with Gasteiger partial charge in [0.05, 0.1) is 0 Å². The second-order valence-electron chi connectivity index (χ2n) is 5.64. The van der Waals surface area contributed by atoms with Crippen LogP contribution >= 0.6 is 0 Å². The number of benzene rings is 3. The zero-order chi connectivity index (χ0) is 18.7. The summed E-state index contributed by atoms with van der Waals surface area (Å²) in [6.45, 7) is 2.11. The van der Waals surface area contributed by atoms with Crippen molar-refractivity contribution in [3.8, 4) is 5.69 Å². The Kier molecular flexibility index (Phi) is 5.13. The van der Waals surface area contributed by atoms with Crippen LogP contribution in [-0.4, -0.2) is 4.98 Å². The summed E-state index contributed by atoms with van der Waals surface area (Å²) >= 11 is 0. The minimum absolute atomic E-state index is 1.01. The fourth-order valence-electron chi connectivity index (χ4n) is 2.73. The zero-order valence-electron chi connectivity index (χ0n) is 13.8. The molecule has 0 aliphatic rings. The summed E-state index contributed by atoms with van der Waals surface area (Å²) in [6, 6.07) is 25.2. The van der Waals surface area contributed by atoms with Crippen LogP contribution in [0.4, 0.5) is 0 Å². The molecule has 4 rings (SSSR count). The maximum atomic E-state index is 8.49. The fourth-order valence-corrected chi connectivity index (χ4v) is 2.73. The average molecular weight is 371 g/mol. The monoisotopic (exact) mass is 370 g/mol. The normalized spacial score (nSPS) is 11.3. The first-order chi connectivity index (χ1) is 12.3. The second kappa shape index (κ2) is 7.33. The van der Waals surface area contributed by atoms with Gasteiger partial charge in [0.15, 0.2) is 0 Å². The van der Waals surface area contributed by atoms with Gasteiger partial charge in [-0.05, 0) is 19.1 Å². The molecule has 0 bridgehead atoms. The molecule has 132 valence electrons. The Hall–Kier alpha value is -2.61. The third kappa shape index (κ3) is 4.32. The number of fused-ring (bicyclic) bond motifs is 2. The van der Waals surface area contributed by atoms with Crippen molar-refractivity contribution in [2.75, 3.05) is 0 Å². The molecule has 0 amide bonds. The first-order valence-corrected chi connectivity index (χ1v) is 8.95. The molecular weight excluding hydrogens is 356 g/mol. The average Bonchev–Trinajstić information content (AvgIpc) is 2.59. The first kappa shape index (κ1) is 18.2. The van der Waals surface area contributed by atoms with E-state index in [4.69, 9.17) is 23.6 Å². The SMILES string of the molecule is Cc1ccc(-[n+]2c3ccccc3nc3ccccc32)cc1.[O-][Cl+3]([O-])([O-])[O-]. The molecule has 0 radical (unpaired) electrons. The largest absolute Gasteiger partial charge is 0.237 e. The lowest BCUT2D eigenvalue weighted by Gasteiger charge is -2.17. The number of halogens is 1. The molecule has 0 unspecified atom stereocenters. The quantitative estimate of drug-likeness (QED) is 0.322. The standard InChI is InChI=1S/C19H15N2.ClHO4/c1-14-10-12-15(13-11-14)21-18-8-4-2-6-16(18)20-17-7-3-5-9-19(17)21;2-1(3,4)5/h2-13H,1H3;(H,2,3,4,5)/q+1;/p-1. The minimum Gasteiger partial charge on any atom is -0.235 e. The summed E-state index contributed by atoms with van der Waals surface area (Å²) < 4.78 is 36.2. The van der Waals surface area contributed by atoms with Crippen molar-refractivity contribution in [3.05, 3.63) is 78.4 Å². The summed E-state index contributed by atoms with van der Waals surface area (Å²) in [5, 5.41) is 0. The maximum absolute atomic E-state index is 8.49. The molecule has 0 saturated heterocycles. The molecule has 26 heavy (non-hydrogen) atoms. The van der Waals surface area contributed by atoms with E-state index in [9.17, 15) is 0 Å². The summed E-state index contributed by atoms with van der Waals surface area (Å²) in [7, 11) is -4.94. The highest BCUT2D eigenvalue weighted by atomic mass is 35.7. The van der Waals surface area contributed by atoms with E-state index in [0.717, 1.165) is 27.8 Å². The molecular formula is C19H15ClN2O4. The van der Waals surface area contributed by atoms with Crippen LogP contribution in [0.3, 0.4) is 0 Å². The number of hydrogen-bond acceptors (Lipinski definition) is 5. The van der Waals surface area contributed by atoms with Crippen LogP contribution in [0, 0.1) is 17.2 Å². The van der Waals surface area contributed by atoms with Gasteiger partial charge < -0.3 is 0 Å². The van der Waals surface area contributed by atoms with E-state index in [1.54, 1.807) is 0 Å². The van der Waals surface area contributed by atoms with E-state index < -0.39 is 10.2 Å². The van der Waals surface area contributed by atoms with E-state index in [1.165, 1.54) is 5.56 Å². The minimum atomic E-state index is -4.94. The predicted molar refractivity (Wildman–Crippen MR) is 85.5 cm³/mol. The van der Waals surface area contributed by atoms with Crippen molar-refractivity contribution in [2.24, 2.45) is 0 Å². The Bertz CT molecular complexity index is 987. The van der Waals surface area contributed by atoms with Gasteiger partial charge in [0.2, 0.25) is 16.7 Å². The first-order valence-electron chi connectivity index (χ1n) is 7.71. The van der Waals surface area contributed by atoms with E-state index in [-0.39, 0.29) is 0 Å². The van der Waals surface area contributed by atoms with Crippen LogP contribution in [0.5, 0.6) is 0 Å². The van der Waals surface area contributed by atoms with Crippen LogP contribution in [0.1, 0.15) is 5.56 Å². The van der Waals surface area contributed by atoms with Crippen LogP contribution in [-0.2, 0) is 0 Å². The molecule has 0 aliphatic heterocycles. The molecule has 3 aromatic carbocycles. The second-order valence-corrected chi connectivity index (χ2v) is 6.39. The van der Waals surface area contributed by atoms with Crippen LogP contribution in [0.25, 0.3) is 27.8 Å². The molecule has 0 fully saturated rings. The number of aryl methyl sites for hydroxylation is 1. The number of rotatable bonds is 1. The van der Waals surface area contributed by atoms with Crippen LogP contribution in [0.15, 0.2) is 72.8 Å². The van der Waals surface area contributed by atoms with Gasteiger partial charge in [0.25, 0.3) is 0 Å². The molecule has 0 N–H and O–H groups in total. The van der Waals surface area contributed by atoms with Crippen molar-refractivity contribution in [1.82, 2.24) is 4.98 Å². The van der Waals surface area contributed by atoms with E-state index in [1.807, 2.05) is 12.1 Å². The lowest BCUT2D eigenvalue weighted by molar-refractivity contribution is -2.00. The number of nitrogens with zero attached hydrogens (tertiary/aromatic N) is 2. The summed E-state index contributed by atoms with van der Waals surface area (Å²) in [5.41, 5.74) is 6.70. The van der Waals surface area contributed by atoms with Crippen LogP contribution in [0.2, 0.25) is 0 Å². The number of para-hydroxylation sites is 4. The highest BCUT2D eigenvalue weighted by molar-refractivity contribution is 5.82. The molecule has 1 aromatic heterocycles. The number of hydrogen-bond donors (Lipinski definition) is 0. The van der Waals surface area contributed by atoms with Crippen molar-refractivity contribution in [2.45, 2.75) is 6.92 Å². The third-order valence-electron chi connectivity index (χ3n) is 3.78. The predicted octanol–water partition coefficient (Wildman–Crippen LogP) is -0.783. The van der Waals surface area contributed by atoms with Gasteiger partial charge in [0, 0.05) is 24.3 Å². The fraction of sp³-hybridized carbons (Fsp3) is 0.0526. The van der Waals surface area contributed by atoms with E-state index >= 15 is 0 Å². The Morgan fingerprint density at radius 3 is 1.58 bits per heavy atom. The van der Waals surface area contributed by atoms with Gasteiger partial charge in [-0.15, -0.1) is 14.8 Å². The van der Waals surface area contributed by atoms with Gasteiger partial charge in [-0.3, -0.25) is 0 Å². The van der Waals surface area contributed by atoms with Crippen molar-refractivity contribution < 1.29 is 33.4 Å². The van der Waals surface area contributed by atoms with Crippen molar-refractivity contribution in [3.63, 3.8) is 0 Å². The Balaban J connectivity index is 0.000000349. The molecule has 0 aliphatic carbocycles. The van der Waals surface area contributed by atoms with Gasteiger partial charge in [-0.25, -0.2) is 23.6 Å². The molecule has 0 saturated carbocycles. The van der Waals surface area contributed by atoms with Gasteiger partial charge >= 0.3 is 0 Å². The zero-order valence-corrected chi connectivity index (χ0v) is 14.6. The van der Waals surface area contributed by atoms with Gasteiger partial charge in [-0.2, -0.15) is 0 Å². The molecule has 0 atom stereocenters. The topological polar surface area (TPSA) is 109 Å². The van der Waals surface area contributed by atoms with Crippen LogP contribution < -0.4 is 23.2 Å². The van der Waals surface area contributed by atoms with Crippen molar-refractivity contribution in [1.29, 1.82) is 0 Å². The van der Waals surface area contributed by atoms with Gasteiger partial charge in [-0.1, -0.05) is 42.0 Å². The Morgan fingerprint density at radius 1 is 0.692 bits per heavy atom. The molecule has 7 heteroatoms. The molecule has 1 heterocycles. The van der Waals surface area contributed by atoms with E-state index in [2.05, 4.69) is 72.2 Å². The van der Waals surface area contributed by atoms with E-state index in [0.29, 0.717) is 0 Å². The Labute approximate surface area is 152 Å².